The SMILES string of the molecule is COc1ccc2c(c1)CC(c1ccccc1)=C2c1ccc(OCCN2CCCC2(C)C)cc1.Cl. The summed E-state index contributed by atoms with van der Waals surface area (Å²) in [7, 11) is 1.73. The maximum absolute atomic E-state index is 6.12. The molecule has 0 atom stereocenters. The number of benzene rings is 3. The first-order valence-corrected chi connectivity index (χ1v) is 12.0. The van der Waals surface area contributed by atoms with Crippen molar-refractivity contribution in [2.75, 3.05) is 26.8 Å². The van der Waals surface area contributed by atoms with Crippen molar-refractivity contribution in [1.29, 1.82) is 0 Å². The Morgan fingerprint density at radius 1 is 0.882 bits per heavy atom. The molecular weight excluding hydrogens is 442 g/mol. The molecule has 1 aliphatic heterocycles. The molecule has 1 heterocycles. The Morgan fingerprint density at radius 3 is 2.29 bits per heavy atom. The van der Waals surface area contributed by atoms with Gasteiger partial charge in [0.05, 0.1) is 7.11 Å². The first-order valence-electron chi connectivity index (χ1n) is 12.0. The van der Waals surface area contributed by atoms with Crippen LogP contribution in [0.2, 0.25) is 0 Å². The third-order valence-corrected chi connectivity index (χ3v) is 7.22. The first kappa shape index (κ1) is 24.4. The van der Waals surface area contributed by atoms with E-state index in [0.29, 0.717) is 5.54 Å². The molecule has 4 heteroatoms. The Kier molecular flexibility index (Phi) is 7.35. The number of hydrogen-bond donors (Lipinski definition) is 0. The molecule has 2 aliphatic rings. The fourth-order valence-corrected chi connectivity index (χ4v) is 5.31. The predicted molar refractivity (Wildman–Crippen MR) is 143 cm³/mol. The average molecular weight is 476 g/mol. The van der Waals surface area contributed by atoms with Crippen LogP contribution >= 0.6 is 12.4 Å². The van der Waals surface area contributed by atoms with E-state index in [4.69, 9.17) is 9.47 Å². The summed E-state index contributed by atoms with van der Waals surface area (Å²) in [6.45, 7) is 7.55. The number of methoxy groups -OCH3 is 1. The molecule has 3 nitrogen and oxygen atoms in total. The van der Waals surface area contributed by atoms with Crippen LogP contribution in [0, 0.1) is 0 Å². The number of likely N-dealkylation sites (tertiary alicyclic amines) is 1. The van der Waals surface area contributed by atoms with Gasteiger partial charge in [0, 0.05) is 12.1 Å². The molecule has 178 valence electrons. The zero-order chi connectivity index (χ0) is 22.8. The molecular formula is C30H34ClNO2. The smallest absolute Gasteiger partial charge is 0.119 e. The van der Waals surface area contributed by atoms with E-state index in [1.54, 1.807) is 7.11 Å². The van der Waals surface area contributed by atoms with Crippen molar-refractivity contribution in [3.8, 4) is 11.5 Å². The third-order valence-electron chi connectivity index (χ3n) is 7.22. The summed E-state index contributed by atoms with van der Waals surface area (Å²) in [5.74, 6) is 1.85. The number of allylic oxidation sites excluding steroid dienone is 1. The monoisotopic (exact) mass is 475 g/mol. The van der Waals surface area contributed by atoms with E-state index in [1.807, 2.05) is 0 Å². The number of hydrogen-bond acceptors (Lipinski definition) is 3. The van der Waals surface area contributed by atoms with Crippen LogP contribution in [-0.4, -0.2) is 37.2 Å². The van der Waals surface area contributed by atoms with Gasteiger partial charge in [-0.1, -0.05) is 48.5 Å². The van der Waals surface area contributed by atoms with E-state index in [0.717, 1.165) is 31.1 Å². The fourth-order valence-electron chi connectivity index (χ4n) is 5.31. The number of rotatable bonds is 7. The van der Waals surface area contributed by atoms with E-state index < -0.39 is 0 Å². The molecule has 0 radical (unpaired) electrons. The van der Waals surface area contributed by atoms with E-state index in [-0.39, 0.29) is 12.4 Å². The van der Waals surface area contributed by atoms with Crippen LogP contribution in [0.3, 0.4) is 0 Å². The zero-order valence-corrected chi connectivity index (χ0v) is 21.2. The van der Waals surface area contributed by atoms with Gasteiger partial charge in [-0.15, -0.1) is 12.4 Å². The Morgan fingerprint density at radius 2 is 1.62 bits per heavy atom. The molecule has 0 aromatic heterocycles. The Labute approximate surface area is 209 Å². The van der Waals surface area contributed by atoms with Crippen LogP contribution in [0.1, 0.15) is 48.9 Å². The third kappa shape index (κ3) is 4.87. The summed E-state index contributed by atoms with van der Waals surface area (Å²) in [5.41, 5.74) is 8.08. The molecule has 1 fully saturated rings. The van der Waals surface area contributed by atoms with E-state index >= 15 is 0 Å². The Hall–Kier alpha value is -2.75. The highest BCUT2D eigenvalue weighted by Gasteiger charge is 2.31. The molecule has 3 aromatic rings. The van der Waals surface area contributed by atoms with Crippen molar-refractivity contribution >= 4 is 23.6 Å². The summed E-state index contributed by atoms with van der Waals surface area (Å²) in [6, 6.07) is 25.8. The van der Waals surface area contributed by atoms with Gasteiger partial charge in [0.2, 0.25) is 0 Å². The Balaban J connectivity index is 0.00000274. The van der Waals surface area contributed by atoms with Crippen molar-refractivity contribution < 1.29 is 9.47 Å². The van der Waals surface area contributed by atoms with Gasteiger partial charge >= 0.3 is 0 Å². The molecule has 0 saturated carbocycles. The maximum Gasteiger partial charge on any atom is 0.119 e. The van der Waals surface area contributed by atoms with Crippen LogP contribution in [-0.2, 0) is 6.42 Å². The highest BCUT2D eigenvalue weighted by Crippen LogP contribution is 2.43. The van der Waals surface area contributed by atoms with E-state index in [1.165, 1.54) is 52.8 Å². The summed E-state index contributed by atoms with van der Waals surface area (Å²) in [5, 5.41) is 0. The van der Waals surface area contributed by atoms with Gasteiger partial charge < -0.3 is 9.47 Å². The van der Waals surface area contributed by atoms with E-state index in [2.05, 4.69) is 91.5 Å². The molecule has 1 aliphatic carbocycles. The molecule has 34 heavy (non-hydrogen) atoms. The lowest BCUT2D eigenvalue weighted by molar-refractivity contribution is 0.143. The van der Waals surface area contributed by atoms with Crippen molar-refractivity contribution in [3.05, 3.63) is 95.1 Å². The lowest BCUT2D eigenvalue weighted by Gasteiger charge is -2.31. The van der Waals surface area contributed by atoms with Gasteiger partial charge in [0.1, 0.15) is 18.1 Å². The number of halogens is 1. The minimum atomic E-state index is 0. The van der Waals surface area contributed by atoms with Crippen molar-refractivity contribution in [3.63, 3.8) is 0 Å². The van der Waals surface area contributed by atoms with Crippen LogP contribution in [0.5, 0.6) is 11.5 Å². The van der Waals surface area contributed by atoms with E-state index in [9.17, 15) is 0 Å². The molecule has 5 rings (SSSR count). The van der Waals surface area contributed by atoms with Gasteiger partial charge in [0.15, 0.2) is 0 Å². The molecule has 3 aromatic carbocycles. The molecule has 0 spiro atoms. The highest BCUT2D eigenvalue weighted by atomic mass is 35.5. The van der Waals surface area contributed by atoms with Gasteiger partial charge in [-0.3, -0.25) is 4.90 Å². The van der Waals surface area contributed by atoms with Gasteiger partial charge in [-0.05, 0) is 97.3 Å². The summed E-state index contributed by atoms with van der Waals surface area (Å²) in [6.07, 6.45) is 3.47. The second-order valence-electron chi connectivity index (χ2n) is 9.70. The van der Waals surface area contributed by atoms with Crippen LogP contribution in [0.25, 0.3) is 11.1 Å². The highest BCUT2D eigenvalue weighted by molar-refractivity contribution is 6.03. The molecule has 1 saturated heterocycles. The van der Waals surface area contributed by atoms with Crippen LogP contribution < -0.4 is 9.47 Å². The largest absolute Gasteiger partial charge is 0.497 e. The minimum absolute atomic E-state index is 0. The van der Waals surface area contributed by atoms with Crippen molar-refractivity contribution in [2.24, 2.45) is 0 Å². The number of fused-ring (bicyclic) bond motifs is 1. The molecule has 0 unspecified atom stereocenters. The topological polar surface area (TPSA) is 21.7 Å². The lowest BCUT2D eigenvalue weighted by atomic mass is 9.94. The van der Waals surface area contributed by atoms with Crippen molar-refractivity contribution in [1.82, 2.24) is 4.90 Å². The van der Waals surface area contributed by atoms with Crippen molar-refractivity contribution in [2.45, 2.75) is 38.6 Å². The van der Waals surface area contributed by atoms with Gasteiger partial charge in [-0.2, -0.15) is 0 Å². The number of nitrogens with zero attached hydrogens (tertiary/aromatic N) is 1. The summed E-state index contributed by atoms with van der Waals surface area (Å²) < 4.78 is 11.6. The van der Waals surface area contributed by atoms with Crippen LogP contribution in [0.15, 0.2) is 72.8 Å². The predicted octanol–water partition coefficient (Wildman–Crippen LogP) is 6.89. The molecule has 0 amide bonds. The Bertz CT molecular complexity index is 1150. The van der Waals surface area contributed by atoms with Crippen LogP contribution in [0.4, 0.5) is 0 Å². The molecule has 0 bridgehead atoms. The molecule has 0 N–H and O–H groups in total. The van der Waals surface area contributed by atoms with Gasteiger partial charge in [0.25, 0.3) is 0 Å². The second-order valence-corrected chi connectivity index (χ2v) is 9.70. The second kappa shape index (κ2) is 10.2. The summed E-state index contributed by atoms with van der Waals surface area (Å²) >= 11 is 0. The fraction of sp³-hybridized carbons (Fsp3) is 0.333. The standard InChI is InChI=1S/C30H33NO2.ClH/c1-30(2)16-7-17-31(30)18-19-33-25-12-10-23(11-13-25)29-27-15-14-26(32-3)20-24(27)21-28(29)22-8-5-4-6-9-22;/h4-6,8-15,20H,7,16-19,21H2,1-3H3;1H. The average Bonchev–Trinajstić information content (AvgIpc) is 3.39. The normalized spacial score (nSPS) is 16.8. The zero-order valence-electron chi connectivity index (χ0n) is 20.3. The lowest BCUT2D eigenvalue weighted by Crippen LogP contribution is -2.40. The maximum atomic E-state index is 6.12. The van der Waals surface area contributed by atoms with Gasteiger partial charge in [-0.25, -0.2) is 0 Å². The summed E-state index contributed by atoms with van der Waals surface area (Å²) in [4.78, 5) is 2.54. The minimum Gasteiger partial charge on any atom is -0.497 e. The quantitative estimate of drug-likeness (QED) is 0.371. The first-order chi connectivity index (χ1) is 16.0. The number of ether oxygens (including phenoxy) is 2.